The van der Waals surface area contributed by atoms with Crippen molar-refractivity contribution in [1.29, 1.82) is 0 Å². The Bertz CT molecular complexity index is 830. The van der Waals surface area contributed by atoms with Gasteiger partial charge in [0.2, 0.25) is 0 Å². The molecule has 0 saturated carbocycles. The van der Waals surface area contributed by atoms with Gasteiger partial charge in [-0.1, -0.05) is 54.3 Å². The predicted molar refractivity (Wildman–Crippen MR) is 119 cm³/mol. The standard InChI is InChI=1S/C17H11I2NO2S2/c18-12-6-11(7-13(19)15(12)21)8-14-16(22)20(17(23)24-14)9-10-4-2-1-3-5-10/h1-8,21H,9H2/b14-8-. The second kappa shape index (κ2) is 7.71. The first-order valence-electron chi connectivity index (χ1n) is 6.93. The Morgan fingerprint density at radius 2 is 1.79 bits per heavy atom. The highest BCUT2D eigenvalue weighted by molar-refractivity contribution is 14.1. The lowest BCUT2D eigenvalue weighted by atomic mass is 10.2. The van der Waals surface area contributed by atoms with E-state index in [2.05, 4.69) is 45.2 Å². The maximum absolute atomic E-state index is 12.7. The monoisotopic (exact) mass is 579 g/mol. The first-order chi connectivity index (χ1) is 11.5. The largest absolute Gasteiger partial charge is 0.506 e. The maximum atomic E-state index is 12.7. The number of carbonyl (C=O) groups is 1. The van der Waals surface area contributed by atoms with Crippen molar-refractivity contribution in [3.63, 3.8) is 0 Å². The van der Waals surface area contributed by atoms with Gasteiger partial charge < -0.3 is 5.11 Å². The average molecular weight is 579 g/mol. The summed E-state index contributed by atoms with van der Waals surface area (Å²) in [6, 6.07) is 13.5. The van der Waals surface area contributed by atoms with Crippen LogP contribution in [-0.2, 0) is 11.3 Å². The fourth-order valence-corrected chi connectivity index (χ4v) is 5.29. The lowest BCUT2D eigenvalue weighted by Crippen LogP contribution is -2.27. The third kappa shape index (κ3) is 3.94. The molecule has 3 rings (SSSR count). The van der Waals surface area contributed by atoms with Crippen molar-refractivity contribution in [2.45, 2.75) is 6.54 Å². The summed E-state index contributed by atoms with van der Waals surface area (Å²) < 4.78 is 2.08. The summed E-state index contributed by atoms with van der Waals surface area (Å²) in [6.07, 6.45) is 1.83. The van der Waals surface area contributed by atoms with Crippen LogP contribution >= 0.6 is 69.2 Å². The van der Waals surface area contributed by atoms with Crippen molar-refractivity contribution < 1.29 is 9.90 Å². The van der Waals surface area contributed by atoms with Crippen molar-refractivity contribution in [2.24, 2.45) is 0 Å². The molecule has 0 spiro atoms. The van der Waals surface area contributed by atoms with E-state index in [9.17, 15) is 9.90 Å². The van der Waals surface area contributed by atoms with Crippen molar-refractivity contribution in [3.8, 4) is 5.75 Å². The average Bonchev–Trinajstić information content (AvgIpc) is 2.81. The predicted octanol–water partition coefficient (Wildman–Crippen LogP) is 5.00. The highest BCUT2D eigenvalue weighted by Crippen LogP contribution is 2.35. The van der Waals surface area contributed by atoms with E-state index in [0.717, 1.165) is 18.3 Å². The molecular weight excluding hydrogens is 568 g/mol. The van der Waals surface area contributed by atoms with Gasteiger partial charge in [-0.05, 0) is 74.5 Å². The third-order valence-electron chi connectivity index (χ3n) is 3.39. The first-order valence-corrected chi connectivity index (χ1v) is 10.3. The Kier molecular flexibility index (Phi) is 5.83. The zero-order chi connectivity index (χ0) is 17.3. The first kappa shape index (κ1) is 18.2. The summed E-state index contributed by atoms with van der Waals surface area (Å²) >= 11 is 10.8. The Labute approximate surface area is 176 Å². The van der Waals surface area contributed by atoms with E-state index < -0.39 is 0 Å². The molecule has 1 heterocycles. The summed E-state index contributed by atoms with van der Waals surface area (Å²) in [7, 11) is 0. The van der Waals surface area contributed by atoms with Crippen molar-refractivity contribution in [1.82, 2.24) is 4.90 Å². The zero-order valence-corrected chi connectivity index (χ0v) is 18.1. The van der Waals surface area contributed by atoms with E-state index in [4.69, 9.17) is 12.2 Å². The Balaban J connectivity index is 1.86. The van der Waals surface area contributed by atoms with Gasteiger partial charge in [-0.3, -0.25) is 9.69 Å². The summed E-state index contributed by atoms with van der Waals surface area (Å²) in [5.74, 6) is 0.192. The number of hydrogen-bond donors (Lipinski definition) is 1. The smallest absolute Gasteiger partial charge is 0.266 e. The molecule has 1 saturated heterocycles. The summed E-state index contributed by atoms with van der Waals surface area (Å²) in [5.41, 5.74) is 1.92. The zero-order valence-electron chi connectivity index (χ0n) is 12.2. The van der Waals surface area contributed by atoms with E-state index in [0.29, 0.717) is 15.8 Å². The van der Waals surface area contributed by atoms with Crippen LogP contribution in [0.2, 0.25) is 0 Å². The molecule has 7 heteroatoms. The minimum absolute atomic E-state index is 0.0769. The number of phenolic OH excluding ortho intramolecular Hbond substituents is 1. The van der Waals surface area contributed by atoms with Gasteiger partial charge in [0, 0.05) is 0 Å². The number of thiocarbonyl (C=S) groups is 1. The van der Waals surface area contributed by atoms with Gasteiger partial charge in [-0.25, -0.2) is 0 Å². The second-order valence-corrected chi connectivity index (χ2v) is 9.09. The number of phenols is 1. The molecule has 0 aliphatic carbocycles. The van der Waals surface area contributed by atoms with Crippen LogP contribution in [0.25, 0.3) is 6.08 Å². The number of amides is 1. The Hall–Kier alpha value is -0.650. The topological polar surface area (TPSA) is 40.5 Å². The summed E-state index contributed by atoms with van der Waals surface area (Å²) in [6.45, 7) is 0.480. The second-order valence-electron chi connectivity index (χ2n) is 5.09. The minimum atomic E-state index is -0.0769. The summed E-state index contributed by atoms with van der Waals surface area (Å²) in [5, 5.41) is 9.85. The van der Waals surface area contributed by atoms with Crippen LogP contribution in [0.3, 0.4) is 0 Å². The molecule has 2 aromatic carbocycles. The molecular formula is C17H11I2NO2S2. The van der Waals surface area contributed by atoms with Gasteiger partial charge in [0.1, 0.15) is 10.1 Å². The van der Waals surface area contributed by atoms with Gasteiger partial charge in [0.25, 0.3) is 5.91 Å². The number of benzene rings is 2. The molecule has 2 aromatic rings. The van der Waals surface area contributed by atoms with Gasteiger partial charge in [0.15, 0.2) is 0 Å². The summed E-state index contributed by atoms with van der Waals surface area (Å²) in [4.78, 5) is 14.9. The molecule has 0 aromatic heterocycles. The number of halogens is 2. The molecule has 3 nitrogen and oxygen atoms in total. The minimum Gasteiger partial charge on any atom is -0.506 e. The number of thioether (sulfide) groups is 1. The molecule has 1 amide bonds. The number of aromatic hydroxyl groups is 1. The molecule has 1 aliphatic rings. The van der Waals surface area contributed by atoms with Crippen LogP contribution in [0.1, 0.15) is 11.1 Å². The lowest BCUT2D eigenvalue weighted by Gasteiger charge is -2.14. The van der Waals surface area contributed by atoms with Crippen LogP contribution < -0.4 is 0 Å². The molecule has 1 aliphatic heterocycles. The van der Waals surface area contributed by atoms with E-state index in [-0.39, 0.29) is 11.7 Å². The van der Waals surface area contributed by atoms with E-state index in [1.165, 1.54) is 11.8 Å². The normalized spacial score (nSPS) is 16.2. The van der Waals surface area contributed by atoms with Gasteiger partial charge in [0.05, 0.1) is 18.6 Å². The van der Waals surface area contributed by atoms with Gasteiger partial charge in [-0.2, -0.15) is 0 Å². The number of carbonyl (C=O) groups excluding carboxylic acids is 1. The van der Waals surface area contributed by atoms with Crippen molar-refractivity contribution >= 4 is 85.5 Å². The fourth-order valence-electron chi connectivity index (χ4n) is 2.22. The Morgan fingerprint density at radius 3 is 2.42 bits per heavy atom. The van der Waals surface area contributed by atoms with Gasteiger partial charge >= 0.3 is 0 Å². The molecule has 0 bridgehead atoms. The van der Waals surface area contributed by atoms with E-state index >= 15 is 0 Å². The van der Waals surface area contributed by atoms with Crippen molar-refractivity contribution in [2.75, 3.05) is 0 Å². The molecule has 0 radical (unpaired) electrons. The number of nitrogens with zero attached hydrogens (tertiary/aromatic N) is 1. The van der Waals surface area contributed by atoms with E-state index in [1.807, 2.05) is 48.5 Å². The van der Waals surface area contributed by atoms with E-state index in [1.54, 1.807) is 4.90 Å². The third-order valence-corrected chi connectivity index (χ3v) is 6.42. The molecule has 0 atom stereocenters. The fraction of sp³-hybridized carbons (Fsp3) is 0.0588. The maximum Gasteiger partial charge on any atom is 0.266 e. The molecule has 122 valence electrons. The SMILES string of the molecule is O=C1/C(=C/c2cc(I)c(O)c(I)c2)SC(=S)N1Cc1ccccc1. The highest BCUT2D eigenvalue weighted by Gasteiger charge is 2.32. The van der Waals surface area contributed by atoms with Crippen molar-refractivity contribution in [3.05, 3.63) is 65.6 Å². The van der Waals surface area contributed by atoms with Crippen LogP contribution in [0, 0.1) is 7.14 Å². The molecule has 0 unspecified atom stereocenters. The molecule has 1 N–H and O–H groups in total. The molecule has 24 heavy (non-hydrogen) atoms. The number of hydrogen-bond acceptors (Lipinski definition) is 4. The Morgan fingerprint density at radius 1 is 1.17 bits per heavy atom. The van der Waals surface area contributed by atoms with Crippen LogP contribution in [0.5, 0.6) is 5.75 Å². The van der Waals surface area contributed by atoms with Crippen LogP contribution in [-0.4, -0.2) is 20.2 Å². The molecule has 1 fully saturated rings. The van der Waals surface area contributed by atoms with Crippen LogP contribution in [0.15, 0.2) is 47.4 Å². The quantitative estimate of drug-likeness (QED) is 0.316. The lowest BCUT2D eigenvalue weighted by molar-refractivity contribution is -0.122. The van der Waals surface area contributed by atoms with Gasteiger partial charge in [-0.15, -0.1) is 0 Å². The highest BCUT2D eigenvalue weighted by atomic mass is 127. The number of rotatable bonds is 3. The van der Waals surface area contributed by atoms with Crippen LogP contribution in [0.4, 0.5) is 0 Å².